The molecule has 4 nitrogen and oxygen atoms in total. The summed E-state index contributed by atoms with van der Waals surface area (Å²) in [7, 11) is 0. The highest BCUT2D eigenvalue weighted by Crippen LogP contribution is 2.17. The second kappa shape index (κ2) is 7.20. The Morgan fingerprint density at radius 3 is 2.67 bits per heavy atom. The monoisotopic (exact) mass is 290 g/mol. The average Bonchev–Trinajstić information content (AvgIpc) is 2.50. The Morgan fingerprint density at radius 2 is 1.90 bits per heavy atom. The van der Waals surface area contributed by atoms with Crippen molar-refractivity contribution in [1.82, 2.24) is 9.97 Å². The van der Waals surface area contributed by atoms with E-state index in [2.05, 4.69) is 21.8 Å². The Balaban J connectivity index is 2.01. The third-order valence-corrected chi connectivity index (χ3v) is 2.49. The van der Waals surface area contributed by atoms with Gasteiger partial charge in [0.2, 0.25) is 11.8 Å². The van der Waals surface area contributed by atoms with E-state index in [0.29, 0.717) is 5.88 Å². The third kappa shape index (κ3) is 4.14. The van der Waals surface area contributed by atoms with Gasteiger partial charge in [-0.2, -0.15) is 0 Å². The van der Waals surface area contributed by atoms with E-state index in [1.165, 1.54) is 24.5 Å². The van der Waals surface area contributed by atoms with Gasteiger partial charge in [0, 0.05) is 5.56 Å². The highest BCUT2D eigenvalue weighted by molar-refractivity contribution is 5.21. The molecule has 0 saturated heterocycles. The number of ether oxygens (including phenoxy) is 2. The van der Waals surface area contributed by atoms with Crippen LogP contribution < -0.4 is 9.47 Å². The molecule has 0 aliphatic rings. The molecule has 0 aliphatic carbocycles. The van der Waals surface area contributed by atoms with Crippen molar-refractivity contribution in [2.45, 2.75) is 13.5 Å². The van der Waals surface area contributed by atoms with Crippen molar-refractivity contribution in [3.8, 4) is 23.6 Å². The molecule has 0 atom stereocenters. The molecular weight excluding hydrogens is 278 g/mol. The summed E-state index contributed by atoms with van der Waals surface area (Å²) in [5.41, 5.74) is 0.105. The fourth-order valence-electron chi connectivity index (χ4n) is 1.47. The smallest absolute Gasteiger partial charge is 0.221 e. The van der Waals surface area contributed by atoms with Crippen LogP contribution in [-0.4, -0.2) is 16.6 Å². The van der Waals surface area contributed by atoms with Gasteiger partial charge in [0.15, 0.2) is 18.2 Å². The minimum atomic E-state index is -0.929. The normalized spacial score (nSPS) is 9.67. The summed E-state index contributed by atoms with van der Waals surface area (Å²) in [5, 5.41) is 0. The van der Waals surface area contributed by atoms with Crippen LogP contribution >= 0.6 is 0 Å². The highest BCUT2D eigenvalue weighted by atomic mass is 19.2. The number of halogens is 2. The fourth-order valence-corrected chi connectivity index (χ4v) is 1.47. The first-order valence-electron chi connectivity index (χ1n) is 6.11. The van der Waals surface area contributed by atoms with E-state index in [-0.39, 0.29) is 24.7 Å². The van der Waals surface area contributed by atoms with Crippen molar-refractivity contribution >= 4 is 0 Å². The quantitative estimate of drug-likeness (QED) is 0.794. The van der Waals surface area contributed by atoms with Crippen LogP contribution in [0.25, 0.3) is 0 Å². The third-order valence-electron chi connectivity index (χ3n) is 2.49. The Kier molecular flexibility index (Phi) is 5.04. The number of benzene rings is 1. The Morgan fingerprint density at radius 1 is 1.14 bits per heavy atom. The van der Waals surface area contributed by atoms with Gasteiger partial charge in [0.05, 0.1) is 6.07 Å². The lowest BCUT2D eigenvalue weighted by Crippen LogP contribution is -2.03. The maximum atomic E-state index is 13.5. The minimum Gasteiger partial charge on any atom is -0.473 e. The number of rotatable bonds is 5. The lowest BCUT2D eigenvalue weighted by atomic mass is 10.2. The van der Waals surface area contributed by atoms with Crippen LogP contribution in [-0.2, 0) is 6.61 Å². The first kappa shape index (κ1) is 14.7. The zero-order chi connectivity index (χ0) is 15.1. The van der Waals surface area contributed by atoms with Crippen molar-refractivity contribution in [3.63, 3.8) is 0 Å². The van der Waals surface area contributed by atoms with Crippen LogP contribution in [0, 0.1) is 23.5 Å². The SMILES string of the molecule is CC#CCOc1cc(OCc2cccc(F)c2F)ncn1. The van der Waals surface area contributed by atoms with E-state index in [9.17, 15) is 8.78 Å². The first-order chi connectivity index (χ1) is 10.2. The van der Waals surface area contributed by atoms with Crippen molar-refractivity contribution < 1.29 is 18.3 Å². The molecule has 1 aromatic carbocycles. The number of hydrogen-bond acceptors (Lipinski definition) is 4. The van der Waals surface area contributed by atoms with E-state index in [1.807, 2.05) is 0 Å². The topological polar surface area (TPSA) is 44.2 Å². The molecule has 2 aromatic rings. The molecule has 0 radical (unpaired) electrons. The summed E-state index contributed by atoms with van der Waals surface area (Å²) in [4.78, 5) is 7.75. The molecule has 0 fully saturated rings. The molecule has 0 spiro atoms. The lowest BCUT2D eigenvalue weighted by molar-refractivity contribution is 0.280. The Bertz CT molecular complexity index is 681. The molecule has 2 rings (SSSR count). The summed E-state index contributed by atoms with van der Waals surface area (Å²) >= 11 is 0. The van der Waals surface area contributed by atoms with E-state index in [4.69, 9.17) is 9.47 Å². The maximum Gasteiger partial charge on any atom is 0.221 e. The second-order valence-electron chi connectivity index (χ2n) is 3.91. The molecule has 0 N–H and O–H groups in total. The number of hydrogen-bond donors (Lipinski definition) is 0. The molecule has 0 bridgehead atoms. The van der Waals surface area contributed by atoms with Crippen molar-refractivity contribution in [1.29, 1.82) is 0 Å². The fraction of sp³-hybridized carbons (Fsp3) is 0.200. The van der Waals surface area contributed by atoms with Crippen LogP contribution in [0.5, 0.6) is 11.8 Å². The zero-order valence-corrected chi connectivity index (χ0v) is 11.3. The van der Waals surface area contributed by atoms with Gasteiger partial charge in [-0.3, -0.25) is 0 Å². The highest BCUT2D eigenvalue weighted by Gasteiger charge is 2.09. The first-order valence-corrected chi connectivity index (χ1v) is 6.11. The molecule has 0 amide bonds. The molecule has 0 saturated carbocycles. The van der Waals surface area contributed by atoms with E-state index in [1.54, 1.807) is 6.92 Å². The maximum absolute atomic E-state index is 13.5. The largest absolute Gasteiger partial charge is 0.473 e. The van der Waals surface area contributed by atoms with Gasteiger partial charge in [0.1, 0.15) is 12.9 Å². The van der Waals surface area contributed by atoms with Gasteiger partial charge in [-0.1, -0.05) is 18.1 Å². The zero-order valence-electron chi connectivity index (χ0n) is 11.3. The average molecular weight is 290 g/mol. The van der Waals surface area contributed by atoms with Crippen LogP contribution in [0.4, 0.5) is 8.78 Å². The Hall–Kier alpha value is -2.68. The molecule has 21 heavy (non-hydrogen) atoms. The van der Waals surface area contributed by atoms with Gasteiger partial charge in [-0.15, -0.1) is 5.92 Å². The summed E-state index contributed by atoms with van der Waals surface area (Å²) in [6.45, 7) is 1.76. The van der Waals surface area contributed by atoms with Crippen molar-refractivity contribution in [2.75, 3.05) is 6.61 Å². The predicted molar refractivity (Wildman–Crippen MR) is 71.7 cm³/mol. The van der Waals surface area contributed by atoms with Gasteiger partial charge >= 0.3 is 0 Å². The molecule has 108 valence electrons. The van der Waals surface area contributed by atoms with E-state index < -0.39 is 11.6 Å². The van der Waals surface area contributed by atoms with Gasteiger partial charge in [0.25, 0.3) is 0 Å². The molecule has 0 unspecified atom stereocenters. The lowest BCUT2D eigenvalue weighted by Gasteiger charge is -2.07. The molecule has 1 heterocycles. The van der Waals surface area contributed by atoms with E-state index in [0.717, 1.165) is 6.07 Å². The number of nitrogens with zero attached hydrogens (tertiary/aromatic N) is 2. The second-order valence-corrected chi connectivity index (χ2v) is 3.91. The Labute approximate surface area is 120 Å². The molecule has 6 heteroatoms. The molecular formula is C15H12F2N2O2. The van der Waals surface area contributed by atoms with Crippen molar-refractivity contribution in [3.05, 3.63) is 47.8 Å². The van der Waals surface area contributed by atoms with Crippen molar-refractivity contribution in [2.24, 2.45) is 0 Å². The molecule has 0 aliphatic heterocycles. The van der Waals surface area contributed by atoms with Crippen LogP contribution in [0.1, 0.15) is 12.5 Å². The summed E-state index contributed by atoms with van der Waals surface area (Å²) in [5.74, 6) is 4.06. The summed E-state index contributed by atoms with van der Waals surface area (Å²) in [6, 6.07) is 5.35. The van der Waals surface area contributed by atoms with Gasteiger partial charge in [-0.25, -0.2) is 18.7 Å². The van der Waals surface area contributed by atoms with Crippen LogP contribution in [0.3, 0.4) is 0 Å². The predicted octanol–water partition coefficient (Wildman–Crippen LogP) is 2.74. The van der Waals surface area contributed by atoms with Crippen LogP contribution in [0.15, 0.2) is 30.6 Å². The standard InChI is InChI=1S/C15H12F2N2O2/c1-2-3-7-20-13-8-14(19-10-18-13)21-9-11-5-4-6-12(16)15(11)17/h4-6,8,10H,7,9H2,1H3. The van der Waals surface area contributed by atoms with E-state index >= 15 is 0 Å². The van der Waals surface area contributed by atoms with Crippen LogP contribution in [0.2, 0.25) is 0 Å². The van der Waals surface area contributed by atoms with Gasteiger partial charge in [-0.05, 0) is 13.0 Å². The minimum absolute atomic E-state index is 0.105. The summed E-state index contributed by atoms with van der Waals surface area (Å²) < 4.78 is 37.1. The molecule has 1 aromatic heterocycles. The number of aromatic nitrogens is 2. The van der Waals surface area contributed by atoms with Gasteiger partial charge < -0.3 is 9.47 Å². The summed E-state index contributed by atoms with van der Waals surface area (Å²) in [6.07, 6.45) is 1.26.